The quantitative estimate of drug-likeness (QED) is 0.232. The SMILES string of the molecule is CCOCCC1(CNC(=NC)Nc2ccc(OCC)c(OC)c2)CC1.I. The van der Waals surface area contributed by atoms with Crippen LogP contribution < -0.4 is 20.1 Å². The first kappa shape index (κ1) is 22.8. The zero-order chi connectivity index (χ0) is 18.1. The van der Waals surface area contributed by atoms with Crippen LogP contribution in [0.2, 0.25) is 0 Å². The fraction of sp³-hybridized carbons (Fsp3) is 0.632. The molecule has 7 heteroatoms. The van der Waals surface area contributed by atoms with E-state index in [1.165, 1.54) is 12.8 Å². The molecule has 148 valence electrons. The monoisotopic (exact) mass is 477 g/mol. The third-order valence-electron chi connectivity index (χ3n) is 4.52. The van der Waals surface area contributed by atoms with E-state index in [0.717, 1.165) is 43.6 Å². The van der Waals surface area contributed by atoms with E-state index < -0.39 is 0 Å². The molecule has 0 saturated heterocycles. The van der Waals surface area contributed by atoms with E-state index in [0.29, 0.717) is 17.8 Å². The van der Waals surface area contributed by atoms with Crippen molar-refractivity contribution >= 4 is 35.6 Å². The minimum Gasteiger partial charge on any atom is -0.493 e. The molecule has 0 radical (unpaired) electrons. The Hall–Kier alpha value is -1.22. The molecule has 0 aliphatic heterocycles. The second kappa shape index (κ2) is 11.5. The minimum atomic E-state index is 0. The first-order chi connectivity index (χ1) is 12.2. The summed E-state index contributed by atoms with van der Waals surface area (Å²) in [5.41, 5.74) is 1.27. The minimum absolute atomic E-state index is 0. The van der Waals surface area contributed by atoms with Gasteiger partial charge in [-0.15, -0.1) is 24.0 Å². The highest BCUT2D eigenvalue weighted by Gasteiger charge is 2.41. The molecule has 2 rings (SSSR count). The molecule has 1 aliphatic rings. The standard InChI is InChI=1S/C19H31N3O3.HI/c1-5-24-12-11-19(9-10-19)14-21-18(20-3)22-15-7-8-16(25-6-2)17(13-15)23-4;/h7-8,13H,5-6,9-12,14H2,1-4H3,(H2,20,21,22);1H. The van der Waals surface area contributed by atoms with Gasteiger partial charge in [-0.05, 0) is 50.7 Å². The van der Waals surface area contributed by atoms with E-state index in [1.54, 1.807) is 14.2 Å². The van der Waals surface area contributed by atoms with Crippen molar-refractivity contribution in [2.24, 2.45) is 10.4 Å². The maximum absolute atomic E-state index is 5.55. The molecule has 1 aromatic carbocycles. The Morgan fingerprint density at radius 2 is 1.96 bits per heavy atom. The third kappa shape index (κ3) is 6.83. The first-order valence-electron chi connectivity index (χ1n) is 9.02. The molecule has 0 unspecified atom stereocenters. The van der Waals surface area contributed by atoms with Gasteiger partial charge in [-0.3, -0.25) is 4.99 Å². The average molecular weight is 477 g/mol. The average Bonchev–Trinajstić information content (AvgIpc) is 3.40. The summed E-state index contributed by atoms with van der Waals surface area (Å²) in [5, 5.41) is 6.75. The van der Waals surface area contributed by atoms with Crippen molar-refractivity contribution < 1.29 is 14.2 Å². The molecular weight excluding hydrogens is 445 g/mol. The fourth-order valence-corrected chi connectivity index (χ4v) is 2.73. The molecule has 1 fully saturated rings. The molecule has 6 nitrogen and oxygen atoms in total. The molecular formula is C19H32IN3O3. The number of aliphatic imine (C=N–C) groups is 1. The molecule has 0 aromatic heterocycles. The maximum Gasteiger partial charge on any atom is 0.195 e. The summed E-state index contributed by atoms with van der Waals surface area (Å²) in [7, 11) is 3.42. The molecule has 1 aromatic rings. The Morgan fingerprint density at radius 1 is 1.19 bits per heavy atom. The number of methoxy groups -OCH3 is 1. The lowest BCUT2D eigenvalue weighted by atomic mass is 10.0. The summed E-state index contributed by atoms with van der Waals surface area (Å²) in [6.07, 6.45) is 3.60. The number of halogens is 1. The van der Waals surface area contributed by atoms with Crippen LogP contribution in [0.4, 0.5) is 5.69 Å². The van der Waals surface area contributed by atoms with Crippen molar-refractivity contribution in [3.63, 3.8) is 0 Å². The van der Waals surface area contributed by atoms with E-state index in [4.69, 9.17) is 14.2 Å². The van der Waals surface area contributed by atoms with Crippen LogP contribution in [-0.2, 0) is 4.74 Å². The Morgan fingerprint density at radius 3 is 2.54 bits per heavy atom. The number of rotatable bonds is 10. The van der Waals surface area contributed by atoms with E-state index in [2.05, 4.69) is 15.6 Å². The van der Waals surface area contributed by atoms with Gasteiger partial charge < -0.3 is 24.8 Å². The van der Waals surface area contributed by atoms with Crippen LogP contribution in [0.5, 0.6) is 11.5 Å². The van der Waals surface area contributed by atoms with Gasteiger partial charge in [0.1, 0.15) is 0 Å². The molecule has 2 N–H and O–H groups in total. The number of ether oxygens (including phenoxy) is 3. The largest absolute Gasteiger partial charge is 0.493 e. The summed E-state index contributed by atoms with van der Waals surface area (Å²) in [6, 6.07) is 5.78. The highest BCUT2D eigenvalue weighted by molar-refractivity contribution is 14.0. The van der Waals surface area contributed by atoms with Gasteiger partial charge in [0.05, 0.1) is 13.7 Å². The molecule has 0 atom stereocenters. The fourth-order valence-electron chi connectivity index (χ4n) is 2.73. The van der Waals surface area contributed by atoms with Gasteiger partial charge in [-0.25, -0.2) is 0 Å². The molecule has 0 amide bonds. The number of guanidine groups is 1. The lowest BCUT2D eigenvalue weighted by Gasteiger charge is -2.19. The summed E-state index contributed by atoms with van der Waals surface area (Å²) in [4.78, 5) is 4.32. The van der Waals surface area contributed by atoms with Gasteiger partial charge in [-0.1, -0.05) is 0 Å². The Kier molecular flexibility index (Phi) is 10.1. The number of hydrogen-bond donors (Lipinski definition) is 2. The number of nitrogens with zero attached hydrogens (tertiary/aromatic N) is 1. The second-order valence-corrected chi connectivity index (χ2v) is 6.30. The zero-order valence-electron chi connectivity index (χ0n) is 16.3. The molecule has 0 bridgehead atoms. The van der Waals surface area contributed by atoms with E-state index in [9.17, 15) is 0 Å². The summed E-state index contributed by atoms with van der Waals surface area (Å²) in [6.45, 7) is 7.13. The van der Waals surface area contributed by atoms with Crippen LogP contribution in [-0.4, -0.2) is 46.5 Å². The second-order valence-electron chi connectivity index (χ2n) is 6.30. The lowest BCUT2D eigenvalue weighted by molar-refractivity contribution is 0.128. The van der Waals surface area contributed by atoms with Crippen molar-refractivity contribution in [1.29, 1.82) is 0 Å². The summed E-state index contributed by atoms with van der Waals surface area (Å²) < 4.78 is 16.4. The topological polar surface area (TPSA) is 64.1 Å². The van der Waals surface area contributed by atoms with Crippen LogP contribution >= 0.6 is 24.0 Å². The third-order valence-corrected chi connectivity index (χ3v) is 4.52. The van der Waals surface area contributed by atoms with E-state index in [1.807, 2.05) is 32.0 Å². The van der Waals surface area contributed by atoms with Crippen molar-refractivity contribution in [2.75, 3.05) is 45.8 Å². The highest BCUT2D eigenvalue weighted by Crippen LogP contribution is 2.48. The molecule has 26 heavy (non-hydrogen) atoms. The van der Waals surface area contributed by atoms with Crippen molar-refractivity contribution in [2.45, 2.75) is 33.1 Å². The molecule has 1 saturated carbocycles. The number of anilines is 1. The van der Waals surface area contributed by atoms with Crippen LogP contribution in [0.25, 0.3) is 0 Å². The van der Waals surface area contributed by atoms with Gasteiger partial charge in [0, 0.05) is 38.6 Å². The number of benzene rings is 1. The van der Waals surface area contributed by atoms with Gasteiger partial charge in [0.25, 0.3) is 0 Å². The molecule has 0 heterocycles. The van der Waals surface area contributed by atoms with Crippen LogP contribution in [0.15, 0.2) is 23.2 Å². The van der Waals surface area contributed by atoms with Gasteiger partial charge in [0.2, 0.25) is 0 Å². The van der Waals surface area contributed by atoms with Crippen molar-refractivity contribution in [1.82, 2.24) is 5.32 Å². The lowest BCUT2D eigenvalue weighted by Crippen LogP contribution is -2.35. The molecule has 1 aliphatic carbocycles. The Bertz CT molecular complexity index is 577. The smallest absolute Gasteiger partial charge is 0.195 e. The van der Waals surface area contributed by atoms with Crippen molar-refractivity contribution in [3.05, 3.63) is 18.2 Å². The van der Waals surface area contributed by atoms with Gasteiger partial charge >= 0.3 is 0 Å². The van der Waals surface area contributed by atoms with E-state index in [-0.39, 0.29) is 24.0 Å². The maximum atomic E-state index is 5.55. The first-order valence-corrected chi connectivity index (χ1v) is 9.02. The highest BCUT2D eigenvalue weighted by atomic mass is 127. The van der Waals surface area contributed by atoms with Gasteiger partial charge in [0.15, 0.2) is 17.5 Å². The summed E-state index contributed by atoms with van der Waals surface area (Å²) >= 11 is 0. The number of hydrogen-bond acceptors (Lipinski definition) is 4. The van der Waals surface area contributed by atoms with Crippen LogP contribution in [0, 0.1) is 5.41 Å². The van der Waals surface area contributed by atoms with E-state index >= 15 is 0 Å². The normalized spacial score (nSPS) is 15.0. The Labute approximate surface area is 174 Å². The van der Waals surface area contributed by atoms with Crippen molar-refractivity contribution in [3.8, 4) is 11.5 Å². The molecule has 0 spiro atoms. The number of nitrogens with one attached hydrogen (secondary N) is 2. The summed E-state index contributed by atoms with van der Waals surface area (Å²) in [5.74, 6) is 2.21. The van der Waals surface area contributed by atoms with Gasteiger partial charge in [-0.2, -0.15) is 0 Å². The van der Waals surface area contributed by atoms with Crippen LogP contribution in [0.1, 0.15) is 33.1 Å². The van der Waals surface area contributed by atoms with Crippen LogP contribution in [0.3, 0.4) is 0 Å². The Balaban J connectivity index is 0.00000338. The zero-order valence-corrected chi connectivity index (χ0v) is 18.6. The predicted octanol–water partition coefficient (Wildman–Crippen LogP) is 3.91. The predicted molar refractivity (Wildman–Crippen MR) is 117 cm³/mol.